The average molecular weight is 475 g/mol. The number of benzene rings is 2. The van der Waals surface area contributed by atoms with Gasteiger partial charge in [0.05, 0.1) is 11.3 Å². The van der Waals surface area contributed by atoms with Gasteiger partial charge in [0.25, 0.3) is 5.91 Å². The second-order valence-electron chi connectivity index (χ2n) is 7.76. The minimum absolute atomic E-state index is 0.0503. The zero-order chi connectivity index (χ0) is 24.9. The highest BCUT2D eigenvalue weighted by Gasteiger charge is 2.51. The van der Waals surface area contributed by atoms with Crippen LogP contribution in [0.1, 0.15) is 30.9 Å². The first-order chi connectivity index (χ1) is 16.0. The number of para-hydroxylation sites is 1. The Morgan fingerprint density at radius 2 is 1.79 bits per heavy atom. The Labute approximate surface area is 194 Å². The maximum Gasteiger partial charge on any atom is 0.418 e. The summed E-state index contributed by atoms with van der Waals surface area (Å²) in [4.78, 5) is 24.8. The number of ether oxygens (including phenoxy) is 1. The molecular weight excluding hydrogens is 451 g/mol. The molecular formula is C23H24F3N5O3. The van der Waals surface area contributed by atoms with Gasteiger partial charge in [-0.05, 0) is 42.7 Å². The van der Waals surface area contributed by atoms with Crippen LogP contribution in [-0.4, -0.2) is 23.3 Å². The van der Waals surface area contributed by atoms with Gasteiger partial charge >= 0.3 is 6.18 Å². The number of nitrogens with two attached hydrogens (primary N) is 1. The second-order valence-corrected chi connectivity index (χ2v) is 7.76. The number of hydrogen-bond acceptors (Lipinski definition) is 6. The minimum atomic E-state index is -4.47. The molecule has 8 nitrogen and oxygen atoms in total. The summed E-state index contributed by atoms with van der Waals surface area (Å²) >= 11 is 0. The largest absolute Gasteiger partial charge is 0.437 e. The van der Waals surface area contributed by atoms with Crippen molar-refractivity contribution in [1.29, 1.82) is 0 Å². The Hall–Kier alpha value is -4.02. The van der Waals surface area contributed by atoms with Crippen molar-refractivity contribution in [2.45, 2.75) is 38.0 Å². The quantitative estimate of drug-likeness (QED) is 0.116. The highest BCUT2D eigenvalue weighted by atomic mass is 19.4. The lowest BCUT2D eigenvalue weighted by Crippen LogP contribution is -2.49. The molecule has 0 unspecified atom stereocenters. The van der Waals surface area contributed by atoms with E-state index in [1.165, 1.54) is 25.1 Å². The molecule has 5 N–H and O–H groups in total. The lowest BCUT2D eigenvalue weighted by Gasteiger charge is -2.18. The van der Waals surface area contributed by atoms with Gasteiger partial charge in [0, 0.05) is 19.2 Å². The van der Waals surface area contributed by atoms with Crippen LogP contribution in [0.5, 0.6) is 0 Å². The van der Waals surface area contributed by atoms with Crippen molar-refractivity contribution in [2.75, 3.05) is 5.32 Å². The van der Waals surface area contributed by atoms with Crippen molar-refractivity contribution >= 4 is 29.1 Å². The molecule has 0 saturated heterocycles. The maximum absolute atomic E-state index is 13.2. The minimum Gasteiger partial charge on any atom is -0.437 e. The molecule has 0 radical (unpaired) electrons. The number of amides is 2. The number of anilines is 2. The summed E-state index contributed by atoms with van der Waals surface area (Å²) in [6.07, 6.45) is -3.55. The SMILES string of the molecule is C=C(O/C(C)=N\N)C(=O)NC1(C(=O)NCc2ccc(Nc3ccccc3C(F)(F)F)cc2)CC1. The number of nitrogens with one attached hydrogen (secondary N) is 3. The third kappa shape index (κ3) is 6.06. The van der Waals surface area contributed by atoms with Gasteiger partial charge in [-0.15, -0.1) is 5.10 Å². The predicted molar refractivity (Wildman–Crippen MR) is 121 cm³/mol. The fourth-order valence-electron chi connectivity index (χ4n) is 3.12. The van der Waals surface area contributed by atoms with E-state index in [2.05, 4.69) is 27.6 Å². The molecule has 2 aromatic carbocycles. The first-order valence-electron chi connectivity index (χ1n) is 10.3. The van der Waals surface area contributed by atoms with Crippen molar-refractivity contribution < 1.29 is 27.5 Å². The van der Waals surface area contributed by atoms with Gasteiger partial charge in [-0.25, -0.2) is 0 Å². The molecule has 2 amide bonds. The van der Waals surface area contributed by atoms with E-state index in [0.717, 1.165) is 11.6 Å². The van der Waals surface area contributed by atoms with Gasteiger partial charge < -0.3 is 26.5 Å². The van der Waals surface area contributed by atoms with Gasteiger partial charge in [0.2, 0.25) is 11.8 Å². The Bertz CT molecular complexity index is 1110. The molecule has 180 valence electrons. The number of carbonyl (C=O) groups is 2. The number of hydrazone groups is 1. The van der Waals surface area contributed by atoms with Crippen molar-refractivity contribution in [3.63, 3.8) is 0 Å². The van der Waals surface area contributed by atoms with Gasteiger partial charge in [0.1, 0.15) is 5.54 Å². The average Bonchev–Trinajstić information content (AvgIpc) is 3.58. The van der Waals surface area contributed by atoms with Gasteiger partial charge in [-0.1, -0.05) is 30.8 Å². The summed E-state index contributed by atoms with van der Waals surface area (Å²) in [5.74, 6) is 3.86. The second kappa shape index (κ2) is 9.86. The zero-order valence-corrected chi connectivity index (χ0v) is 18.3. The molecule has 1 saturated carbocycles. The van der Waals surface area contributed by atoms with Gasteiger partial charge in [-0.3, -0.25) is 9.59 Å². The van der Waals surface area contributed by atoms with E-state index in [4.69, 9.17) is 10.6 Å². The van der Waals surface area contributed by atoms with E-state index in [9.17, 15) is 22.8 Å². The molecule has 0 aliphatic heterocycles. The fourth-order valence-corrected chi connectivity index (χ4v) is 3.12. The van der Waals surface area contributed by atoms with Crippen LogP contribution in [-0.2, 0) is 27.0 Å². The fraction of sp³-hybridized carbons (Fsp3) is 0.261. The Morgan fingerprint density at radius 1 is 1.15 bits per heavy atom. The third-order valence-electron chi connectivity index (χ3n) is 5.16. The van der Waals surface area contributed by atoms with Crippen molar-refractivity contribution in [2.24, 2.45) is 10.9 Å². The lowest BCUT2D eigenvalue weighted by molar-refractivity contribution is -0.137. The molecule has 1 aliphatic rings. The molecule has 11 heteroatoms. The van der Waals surface area contributed by atoms with Crippen LogP contribution < -0.4 is 21.8 Å². The lowest BCUT2D eigenvalue weighted by atomic mass is 10.1. The van der Waals surface area contributed by atoms with Crippen LogP contribution in [0.15, 0.2) is 66.0 Å². The normalized spacial score (nSPS) is 14.6. The monoisotopic (exact) mass is 475 g/mol. The van der Waals surface area contributed by atoms with E-state index in [1.807, 2.05) is 0 Å². The molecule has 34 heavy (non-hydrogen) atoms. The number of nitrogens with zero attached hydrogens (tertiary/aromatic N) is 1. The number of halogens is 3. The molecule has 0 atom stereocenters. The standard InChI is InChI=1S/C23H24F3N5O3/c1-14(34-15(2)31-27)20(32)30-22(11-12-22)21(33)28-13-16-7-9-17(10-8-16)29-19-6-4-3-5-18(19)23(24,25)26/h3-10,29H,1,11-13,27H2,2H3,(H,28,33)(H,30,32)/b31-15-. The number of alkyl halides is 3. The Kier molecular flexibility index (Phi) is 7.14. The van der Waals surface area contributed by atoms with Crippen LogP contribution in [0.2, 0.25) is 0 Å². The molecule has 0 heterocycles. The maximum atomic E-state index is 13.2. The molecule has 0 aromatic heterocycles. The summed E-state index contributed by atoms with van der Waals surface area (Å²) in [6.45, 7) is 5.12. The predicted octanol–water partition coefficient (Wildman–Crippen LogP) is 3.54. The summed E-state index contributed by atoms with van der Waals surface area (Å²) in [5, 5.41) is 11.4. The van der Waals surface area contributed by atoms with Gasteiger partial charge in [-0.2, -0.15) is 13.2 Å². The molecule has 2 aromatic rings. The van der Waals surface area contributed by atoms with Crippen LogP contribution >= 0.6 is 0 Å². The van der Waals surface area contributed by atoms with Crippen LogP contribution in [0.25, 0.3) is 0 Å². The molecule has 0 spiro atoms. The van der Waals surface area contributed by atoms with E-state index >= 15 is 0 Å². The Balaban J connectivity index is 1.55. The van der Waals surface area contributed by atoms with E-state index in [1.54, 1.807) is 24.3 Å². The van der Waals surface area contributed by atoms with E-state index < -0.39 is 23.2 Å². The highest BCUT2D eigenvalue weighted by Crippen LogP contribution is 2.37. The first kappa shape index (κ1) is 24.6. The summed E-state index contributed by atoms with van der Waals surface area (Å²) in [5.41, 5.74) is -0.664. The van der Waals surface area contributed by atoms with Crippen molar-refractivity contribution in [3.8, 4) is 0 Å². The van der Waals surface area contributed by atoms with Crippen molar-refractivity contribution in [1.82, 2.24) is 10.6 Å². The molecule has 0 bridgehead atoms. The van der Waals surface area contributed by atoms with Gasteiger partial charge in [0.15, 0.2) is 5.76 Å². The summed E-state index contributed by atoms with van der Waals surface area (Å²) in [6, 6.07) is 11.8. The van der Waals surface area contributed by atoms with Crippen LogP contribution in [0.4, 0.5) is 24.5 Å². The van der Waals surface area contributed by atoms with Crippen molar-refractivity contribution in [3.05, 3.63) is 72.0 Å². The highest BCUT2D eigenvalue weighted by molar-refractivity contribution is 6.00. The number of rotatable bonds is 8. The molecule has 1 aliphatic carbocycles. The third-order valence-corrected chi connectivity index (χ3v) is 5.16. The van der Waals surface area contributed by atoms with E-state index in [-0.39, 0.29) is 29.8 Å². The van der Waals surface area contributed by atoms with Crippen LogP contribution in [0, 0.1) is 0 Å². The number of carbonyl (C=O) groups excluding carboxylic acids is 2. The summed E-state index contributed by atoms with van der Waals surface area (Å²) < 4.78 is 44.5. The summed E-state index contributed by atoms with van der Waals surface area (Å²) in [7, 11) is 0. The molecule has 3 rings (SSSR count). The number of hydrogen-bond donors (Lipinski definition) is 4. The topological polar surface area (TPSA) is 118 Å². The zero-order valence-electron chi connectivity index (χ0n) is 18.3. The van der Waals surface area contributed by atoms with Crippen LogP contribution in [0.3, 0.4) is 0 Å². The smallest absolute Gasteiger partial charge is 0.418 e. The van der Waals surface area contributed by atoms with E-state index in [0.29, 0.717) is 18.5 Å². The Morgan fingerprint density at radius 3 is 2.38 bits per heavy atom. The molecule has 1 fully saturated rings. The first-order valence-corrected chi connectivity index (χ1v) is 10.3.